The minimum absolute atomic E-state index is 0.0634. The van der Waals surface area contributed by atoms with E-state index in [1.165, 1.54) is 35.6 Å². The van der Waals surface area contributed by atoms with E-state index in [0.29, 0.717) is 5.01 Å². The van der Waals surface area contributed by atoms with E-state index in [1.54, 1.807) is 0 Å². The van der Waals surface area contributed by atoms with Gasteiger partial charge < -0.3 is 10.1 Å². The number of aromatic hydroxyl groups is 1. The van der Waals surface area contributed by atoms with E-state index >= 15 is 0 Å². The molecule has 3 rings (SSSR count). The molecule has 3 aromatic rings. The summed E-state index contributed by atoms with van der Waals surface area (Å²) < 4.78 is 13.2. The Balaban J connectivity index is 2.15. The molecule has 0 saturated heterocycles. The third-order valence-corrected chi connectivity index (χ3v) is 3.80. The molecule has 1 aromatic carbocycles. The highest BCUT2D eigenvalue weighted by molar-refractivity contribution is 7.13. The molecule has 0 aliphatic heterocycles. The van der Waals surface area contributed by atoms with E-state index in [0.717, 1.165) is 5.69 Å². The van der Waals surface area contributed by atoms with Crippen LogP contribution in [-0.2, 0) is 0 Å². The minimum atomic E-state index is -0.545. The molecule has 0 aliphatic carbocycles. The zero-order chi connectivity index (χ0) is 15.0. The molecule has 0 atom stereocenters. The second kappa shape index (κ2) is 5.10. The molecule has 7 heteroatoms. The van der Waals surface area contributed by atoms with Gasteiger partial charge in [0.15, 0.2) is 10.8 Å². The van der Waals surface area contributed by atoms with Gasteiger partial charge in [-0.25, -0.2) is 9.37 Å². The van der Waals surface area contributed by atoms with Crippen LogP contribution in [0.2, 0.25) is 0 Å². The highest BCUT2D eigenvalue weighted by Crippen LogP contribution is 2.27. The molecule has 0 spiro atoms. The van der Waals surface area contributed by atoms with Crippen LogP contribution in [0, 0.1) is 12.7 Å². The second-order valence-corrected chi connectivity index (χ2v) is 5.28. The Kier molecular flexibility index (Phi) is 3.26. The molecule has 0 saturated carbocycles. The smallest absolute Gasteiger partial charge is 0.263 e. The van der Waals surface area contributed by atoms with Crippen molar-refractivity contribution in [1.29, 1.82) is 0 Å². The lowest BCUT2D eigenvalue weighted by Crippen LogP contribution is -2.12. The van der Waals surface area contributed by atoms with Crippen LogP contribution in [0.5, 0.6) is 5.88 Å². The quantitative estimate of drug-likeness (QED) is 0.763. The topological polar surface area (TPSA) is 78.9 Å². The van der Waals surface area contributed by atoms with Gasteiger partial charge in [0.2, 0.25) is 5.88 Å². The third kappa shape index (κ3) is 2.55. The SMILES string of the molecule is Cc1csc(-c2nc(O)c(-c3cccc(F)c3)c(=O)[nH]2)n1. The number of hydrogen-bond acceptors (Lipinski definition) is 5. The fraction of sp³-hybridized carbons (Fsp3) is 0.0714. The molecule has 0 unspecified atom stereocenters. The summed E-state index contributed by atoms with van der Waals surface area (Å²) >= 11 is 1.31. The average Bonchev–Trinajstić information content (AvgIpc) is 2.85. The number of halogens is 1. The molecule has 106 valence electrons. The van der Waals surface area contributed by atoms with E-state index in [2.05, 4.69) is 15.0 Å². The number of H-pyrrole nitrogens is 1. The number of rotatable bonds is 2. The van der Waals surface area contributed by atoms with Crippen molar-refractivity contribution >= 4 is 11.3 Å². The first-order valence-corrected chi connectivity index (χ1v) is 6.94. The number of aromatic nitrogens is 3. The van der Waals surface area contributed by atoms with Crippen LogP contribution in [-0.4, -0.2) is 20.1 Å². The lowest BCUT2D eigenvalue weighted by atomic mass is 10.1. The van der Waals surface area contributed by atoms with E-state index < -0.39 is 17.3 Å². The molecule has 0 bridgehead atoms. The Morgan fingerprint density at radius 1 is 1.33 bits per heavy atom. The first-order chi connectivity index (χ1) is 10.0. The molecule has 5 nitrogen and oxygen atoms in total. The minimum Gasteiger partial charge on any atom is -0.493 e. The summed E-state index contributed by atoms with van der Waals surface area (Å²) in [5.74, 6) is -0.756. The number of nitrogens with one attached hydrogen (secondary N) is 1. The van der Waals surface area contributed by atoms with Crippen LogP contribution in [0.1, 0.15) is 5.69 Å². The van der Waals surface area contributed by atoms with Crippen LogP contribution in [0.15, 0.2) is 34.4 Å². The standard InChI is InChI=1S/C14H10FN3O2S/c1-7-6-21-14(16-7)11-17-12(19)10(13(20)18-11)8-3-2-4-9(15)5-8/h2-6H,1H3,(H2,17,18,19,20). The van der Waals surface area contributed by atoms with Crippen LogP contribution >= 0.6 is 11.3 Å². The van der Waals surface area contributed by atoms with Crippen LogP contribution in [0.4, 0.5) is 4.39 Å². The van der Waals surface area contributed by atoms with Gasteiger partial charge in [-0.2, -0.15) is 4.98 Å². The summed E-state index contributed by atoms with van der Waals surface area (Å²) in [5, 5.41) is 12.3. The number of aromatic amines is 1. The number of thiazole rings is 1. The molecule has 0 radical (unpaired) electrons. The number of benzene rings is 1. The van der Waals surface area contributed by atoms with E-state index in [9.17, 15) is 14.3 Å². The maximum Gasteiger partial charge on any atom is 0.263 e. The second-order valence-electron chi connectivity index (χ2n) is 4.42. The molecule has 2 N–H and O–H groups in total. The van der Waals surface area contributed by atoms with Crippen LogP contribution in [0.25, 0.3) is 22.0 Å². The monoisotopic (exact) mass is 303 g/mol. The highest BCUT2D eigenvalue weighted by atomic mass is 32.1. The van der Waals surface area contributed by atoms with Crippen molar-refractivity contribution in [2.45, 2.75) is 6.92 Å². The van der Waals surface area contributed by atoms with E-state index in [-0.39, 0.29) is 17.0 Å². The molecule has 0 aliphatic rings. The molecule has 2 aromatic heterocycles. The van der Waals surface area contributed by atoms with Crippen molar-refractivity contribution in [2.75, 3.05) is 0 Å². The molecule has 21 heavy (non-hydrogen) atoms. The first-order valence-electron chi connectivity index (χ1n) is 6.06. The Hall–Kier alpha value is -2.54. The predicted octanol–water partition coefficient (Wildman–Crippen LogP) is 2.71. The number of nitrogens with zero attached hydrogens (tertiary/aromatic N) is 2. The van der Waals surface area contributed by atoms with Gasteiger partial charge in [-0.1, -0.05) is 12.1 Å². The summed E-state index contributed by atoms with van der Waals surface area (Å²) in [6.45, 7) is 1.82. The lowest BCUT2D eigenvalue weighted by Gasteiger charge is -2.04. The summed E-state index contributed by atoms with van der Waals surface area (Å²) in [6, 6.07) is 5.41. The van der Waals surface area contributed by atoms with Crippen molar-refractivity contribution in [2.24, 2.45) is 0 Å². The lowest BCUT2D eigenvalue weighted by molar-refractivity contribution is 0.454. The van der Waals surface area contributed by atoms with E-state index in [1.807, 2.05) is 12.3 Å². The average molecular weight is 303 g/mol. The van der Waals surface area contributed by atoms with Crippen LogP contribution in [0.3, 0.4) is 0 Å². The summed E-state index contributed by atoms with van der Waals surface area (Å²) in [6.07, 6.45) is 0. The maximum absolute atomic E-state index is 13.2. The predicted molar refractivity (Wildman–Crippen MR) is 77.8 cm³/mol. The zero-order valence-corrected chi connectivity index (χ0v) is 11.7. The van der Waals surface area contributed by atoms with Gasteiger partial charge in [-0.15, -0.1) is 11.3 Å². The maximum atomic E-state index is 13.2. The van der Waals surface area contributed by atoms with Gasteiger partial charge in [0, 0.05) is 11.1 Å². The first kappa shape index (κ1) is 13.4. The summed E-state index contributed by atoms with van der Waals surface area (Å²) in [4.78, 5) is 22.9. The normalized spacial score (nSPS) is 10.8. The summed E-state index contributed by atoms with van der Waals surface area (Å²) in [5.41, 5.74) is 0.456. The van der Waals surface area contributed by atoms with Gasteiger partial charge in [0.05, 0.1) is 0 Å². The Morgan fingerprint density at radius 3 is 2.76 bits per heavy atom. The van der Waals surface area contributed by atoms with Crippen molar-refractivity contribution < 1.29 is 9.50 Å². The number of aryl methyl sites for hydroxylation is 1. The van der Waals surface area contributed by atoms with Crippen molar-refractivity contribution in [3.63, 3.8) is 0 Å². The van der Waals surface area contributed by atoms with E-state index in [4.69, 9.17) is 0 Å². The van der Waals surface area contributed by atoms with Gasteiger partial charge >= 0.3 is 0 Å². The highest BCUT2D eigenvalue weighted by Gasteiger charge is 2.15. The molecule has 0 fully saturated rings. The van der Waals surface area contributed by atoms with Gasteiger partial charge in [-0.05, 0) is 24.6 Å². The number of hydrogen-bond donors (Lipinski definition) is 2. The largest absolute Gasteiger partial charge is 0.493 e. The van der Waals surface area contributed by atoms with Crippen molar-refractivity contribution in [3.05, 3.63) is 51.5 Å². The Bertz CT molecular complexity index is 873. The fourth-order valence-corrected chi connectivity index (χ4v) is 2.67. The third-order valence-electron chi connectivity index (χ3n) is 2.84. The fourth-order valence-electron chi connectivity index (χ4n) is 1.93. The van der Waals surface area contributed by atoms with Gasteiger partial charge in [-0.3, -0.25) is 4.79 Å². The Morgan fingerprint density at radius 2 is 2.14 bits per heavy atom. The van der Waals surface area contributed by atoms with Gasteiger partial charge in [0.1, 0.15) is 11.4 Å². The summed E-state index contributed by atoms with van der Waals surface area (Å²) in [7, 11) is 0. The Labute approximate surface area is 122 Å². The molecular weight excluding hydrogens is 293 g/mol. The molecular formula is C14H10FN3O2S. The zero-order valence-electron chi connectivity index (χ0n) is 10.9. The molecule has 0 amide bonds. The van der Waals surface area contributed by atoms with Gasteiger partial charge in [0.25, 0.3) is 5.56 Å². The van der Waals surface area contributed by atoms with Crippen molar-refractivity contribution in [3.8, 4) is 27.8 Å². The van der Waals surface area contributed by atoms with Crippen LogP contribution < -0.4 is 5.56 Å². The van der Waals surface area contributed by atoms with Crippen molar-refractivity contribution in [1.82, 2.24) is 15.0 Å². The molecule has 2 heterocycles.